The summed E-state index contributed by atoms with van der Waals surface area (Å²) in [6, 6.07) is 5.79. The van der Waals surface area contributed by atoms with Crippen LogP contribution in [0.1, 0.15) is 59.2 Å². The molecule has 1 aromatic carbocycles. The van der Waals surface area contributed by atoms with Crippen molar-refractivity contribution in [2.75, 3.05) is 12.4 Å². The van der Waals surface area contributed by atoms with Crippen LogP contribution in [0.3, 0.4) is 0 Å². The molecule has 26 heavy (non-hydrogen) atoms. The highest BCUT2D eigenvalue weighted by atomic mass is 32.1. The number of fused-ring (bicyclic) bond motifs is 3. The van der Waals surface area contributed by atoms with E-state index in [-0.39, 0.29) is 18.2 Å². The minimum Gasteiger partial charge on any atom is -0.493 e. The van der Waals surface area contributed by atoms with Gasteiger partial charge < -0.3 is 20.1 Å². The SMILES string of the molecule is COc1cc([C@@H]2NC(=O)c3c(sc4c3CCCC4)N2)ccc1OC(C)C. The van der Waals surface area contributed by atoms with E-state index in [9.17, 15) is 4.79 Å². The molecule has 138 valence electrons. The molecular weight excluding hydrogens is 348 g/mol. The first-order valence-electron chi connectivity index (χ1n) is 9.13. The van der Waals surface area contributed by atoms with Crippen molar-refractivity contribution in [2.24, 2.45) is 0 Å². The Balaban J connectivity index is 1.64. The fourth-order valence-electron chi connectivity index (χ4n) is 3.66. The first-order valence-corrected chi connectivity index (χ1v) is 9.95. The van der Waals surface area contributed by atoms with Crippen LogP contribution in [0.4, 0.5) is 5.00 Å². The van der Waals surface area contributed by atoms with Gasteiger partial charge in [0.2, 0.25) is 0 Å². The molecule has 2 aromatic rings. The lowest BCUT2D eigenvalue weighted by Gasteiger charge is -2.27. The summed E-state index contributed by atoms with van der Waals surface area (Å²) >= 11 is 1.73. The monoisotopic (exact) mass is 372 g/mol. The van der Waals surface area contributed by atoms with Crippen LogP contribution in [0.5, 0.6) is 11.5 Å². The van der Waals surface area contributed by atoms with Crippen LogP contribution in [0.15, 0.2) is 18.2 Å². The molecule has 1 aliphatic carbocycles. The van der Waals surface area contributed by atoms with Crippen molar-refractivity contribution in [3.63, 3.8) is 0 Å². The fourth-order valence-corrected chi connectivity index (χ4v) is 4.97. The number of ether oxygens (including phenoxy) is 2. The van der Waals surface area contributed by atoms with E-state index in [1.165, 1.54) is 23.3 Å². The molecule has 5 nitrogen and oxygen atoms in total. The standard InChI is InChI=1S/C20H24N2O3S/c1-11(2)25-14-9-8-12(10-15(14)24-3)18-21-19(23)17-13-6-4-5-7-16(13)26-20(17)22-18/h8-11,18,22H,4-7H2,1-3H3,(H,21,23)/t18-/m1/s1. The first kappa shape index (κ1) is 17.2. The molecule has 2 N–H and O–H groups in total. The van der Waals surface area contributed by atoms with Crippen molar-refractivity contribution in [3.05, 3.63) is 39.8 Å². The predicted molar refractivity (Wildman–Crippen MR) is 104 cm³/mol. The van der Waals surface area contributed by atoms with Crippen LogP contribution in [0.25, 0.3) is 0 Å². The Morgan fingerprint density at radius 1 is 1.15 bits per heavy atom. The second kappa shape index (κ2) is 6.83. The van der Waals surface area contributed by atoms with Crippen LogP contribution in [0.2, 0.25) is 0 Å². The Morgan fingerprint density at radius 3 is 2.73 bits per heavy atom. The fraction of sp³-hybridized carbons (Fsp3) is 0.450. The van der Waals surface area contributed by atoms with Gasteiger partial charge in [-0.2, -0.15) is 0 Å². The lowest BCUT2D eigenvalue weighted by molar-refractivity contribution is 0.0935. The van der Waals surface area contributed by atoms with E-state index in [0.717, 1.165) is 29.0 Å². The smallest absolute Gasteiger partial charge is 0.256 e. The molecule has 0 fully saturated rings. The van der Waals surface area contributed by atoms with Gasteiger partial charge in [0.15, 0.2) is 11.5 Å². The highest BCUT2D eigenvalue weighted by molar-refractivity contribution is 7.16. The van der Waals surface area contributed by atoms with Crippen LogP contribution in [-0.4, -0.2) is 19.1 Å². The normalized spacial score (nSPS) is 18.6. The lowest BCUT2D eigenvalue weighted by atomic mass is 9.94. The van der Waals surface area contributed by atoms with E-state index >= 15 is 0 Å². The maximum Gasteiger partial charge on any atom is 0.256 e. The van der Waals surface area contributed by atoms with Gasteiger partial charge in [0, 0.05) is 4.88 Å². The zero-order valence-electron chi connectivity index (χ0n) is 15.3. The third kappa shape index (κ3) is 3.03. The summed E-state index contributed by atoms with van der Waals surface area (Å²) in [5, 5.41) is 7.59. The number of nitrogens with one attached hydrogen (secondary N) is 2. The highest BCUT2D eigenvalue weighted by Gasteiger charge is 2.32. The minimum atomic E-state index is -0.267. The summed E-state index contributed by atoms with van der Waals surface area (Å²) in [5.74, 6) is 1.40. The number of rotatable bonds is 4. The number of aryl methyl sites for hydroxylation is 1. The molecule has 2 heterocycles. The van der Waals surface area contributed by atoms with Crippen molar-refractivity contribution >= 4 is 22.2 Å². The van der Waals surface area contributed by atoms with Crippen molar-refractivity contribution in [1.29, 1.82) is 0 Å². The van der Waals surface area contributed by atoms with E-state index in [1.807, 2.05) is 32.0 Å². The summed E-state index contributed by atoms with van der Waals surface area (Å²) in [5.41, 5.74) is 3.05. The second-order valence-electron chi connectivity index (χ2n) is 7.04. The number of anilines is 1. The Hall–Kier alpha value is -2.21. The van der Waals surface area contributed by atoms with Crippen LogP contribution >= 0.6 is 11.3 Å². The lowest BCUT2D eigenvalue weighted by Crippen LogP contribution is -2.38. The number of thiophene rings is 1. The van der Waals surface area contributed by atoms with Gasteiger partial charge in [-0.05, 0) is 62.8 Å². The molecule has 1 aliphatic heterocycles. The quantitative estimate of drug-likeness (QED) is 0.841. The van der Waals surface area contributed by atoms with E-state index < -0.39 is 0 Å². The number of benzene rings is 1. The average Bonchev–Trinajstić information content (AvgIpc) is 3.00. The number of amides is 1. The predicted octanol–water partition coefficient (Wildman–Crippen LogP) is 4.28. The maximum atomic E-state index is 12.8. The highest BCUT2D eigenvalue weighted by Crippen LogP contribution is 2.42. The van der Waals surface area contributed by atoms with Gasteiger partial charge >= 0.3 is 0 Å². The Bertz CT molecular complexity index is 844. The Morgan fingerprint density at radius 2 is 1.96 bits per heavy atom. The Kier molecular flexibility index (Phi) is 4.53. The number of hydrogen-bond acceptors (Lipinski definition) is 5. The molecule has 0 radical (unpaired) electrons. The molecule has 2 aliphatic rings. The second-order valence-corrected chi connectivity index (χ2v) is 8.15. The van der Waals surface area contributed by atoms with Gasteiger partial charge in [-0.25, -0.2) is 0 Å². The van der Waals surface area contributed by atoms with Gasteiger partial charge in [-0.15, -0.1) is 11.3 Å². The van der Waals surface area contributed by atoms with Crippen molar-refractivity contribution in [1.82, 2.24) is 5.32 Å². The van der Waals surface area contributed by atoms with E-state index in [2.05, 4.69) is 10.6 Å². The van der Waals surface area contributed by atoms with E-state index in [4.69, 9.17) is 9.47 Å². The summed E-state index contributed by atoms with van der Waals surface area (Å²) in [6.07, 6.45) is 4.28. The Labute approximate surface area is 157 Å². The third-order valence-electron chi connectivity index (χ3n) is 4.83. The molecule has 4 rings (SSSR count). The molecule has 0 unspecified atom stereocenters. The molecule has 0 bridgehead atoms. The summed E-state index contributed by atoms with van der Waals surface area (Å²) in [4.78, 5) is 14.1. The summed E-state index contributed by atoms with van der Waals surface area (Å²) in [6.45, 7) is 3.96. The molecule has 0 saturated heterocycles. The van der Waals surface area contributed by atoms with Gasteiger partial charge in [-0.3, -0.25) is 4.79 Å². The van der Waals surface area contributed by atoms with Gasteiger partial charge in [0.1, 0.15) is 11.2 Å². The third-order valence-corrected chi connectivity index (χ3v) is 6.06. The molecular formula is C20H24N2O3S. The molecule has 0 saturated carbocycles. The van der Waals surface area contributed by atoms with Gasteiger partial charge in [0.05, 0.1) is 18.8 Å². The number of carbonyl (C=O) groups is 1. The van der Waals surface area contributed by atoms with Gasteiger partial charge in [0.25, 0.3) is 5.91 Å². The van der Waals surface area contributed by atoms with Crippen molar-refractivity contribution < 1.29 is 14.3 Å². The van der Waals surface area contributed by atoms with Crippen LogP contribution in [0, 0.1) is 0 Å². The molecule has 1 aromatic heterocycles. The van der Waals surface area contributed by atoms with Crippen LogP contribution < -0.4 is 20.1 Å². The molecule has 1 amide bonds. The summed E-state index contributed by atoms with van der Waals surface area (Å²) in [7, 11) is 1.63. The summed E-state index contributed by atoms with van der Waals surface area (Å²) < 4.78 is 11.3. The van der Waals surface area contributed by atoms with Crippen molar-refractivity contribution in [2.45, 2.75) is 51.8 Å². The topological polar surface area (TPSA) is 59.6 Å². The zero-order valence-corrected chi connectivity index (χ0v) is 16.2. The number of carbonyl (C=O) groups excluding carboxylic acids is 1. The molecule has 6 heteroatoms. The van der Waals surface area contributed by atoms with E-state index in [1.54, 1.807) is 18.4 Å². The maximum absolute atomic E-state index is 12.8. The number of methoxy groups -OCH3 is 1. The molecule has 1 atom stereocenters. The van der Waals surface area contributed by atoms with Crippen LogP contribution in [-0.2, 0) is 12.8 Å². The first-order chi connectivity index (χ1) is 12.6. The largest absolute Gasteiger partial charge is 0.493 e. The van der Waals surface area contributed by atoms with Gasteiger partial charge in [-0.1, -0.05) is 6.07 Å². The molecule has 0 spiro atoms. The van der Waals surface area contributed by atoms with E-state index in [0.29, 0.717) is 11.5 Å². The van der Waals surface area contributed by atoms with Crippen molar-refractivity contribution in [3.8, 4) is 11.5 Å². The average molecular weight is 372 g/mol. The number of hydrogen-bond donors (Lipinski definition) is 2. The zero-order chi connectivity index (χ0) is 18.3. The minimum absolute atomic E-state index is 0.0182.